The van der Waals surface area contributed by atoms with Crippen molar-refractivity contribution in [1.82, 2.24) is 4.90 Å². The molecular formula is C9H18N2O2. The molecule has 0 aromatic rings. The molecule has 1 heterocycles. The summed E-state index contributed by atoms with van der Waals surface area (Å²) in [5.41, 5.74) is 4.98. The van der Waals surface area contributed by atoms with E-state index < -0.39 is 12.0 Å². The molecule has 0 saturated carbocycles. The summed E-state index contributed by atoms with van der Waals surface area (Å²) in [5, 5.41) is 9.28. The largest absolute Gasteiger partial charge is 0.382 e. The number of carbonyl (C=O) groups excluding carboxylic acids is 1. The Kier molecular flexibility index (Phi) is 3.69. The number of carbonyl (C=O) groups is 1. The van der Waals surface area contributed by atoms with E-state index >= 15 is 0 Å². The Morgan fingerprint density at radius 1 is 1.69 bits per heavy atom. The first kappa shape index (κ1) is 10.5. The van der Waals surface area contributed by atoms with Crippen LogP contribution in [-0.4, -0.2) is 41.1 Å². The highest BCUT2D eigenvalue weighted by molar-refractivity contribution is 5.78. The van der Waals surface area contributed by atoms with Gasteiger partial charge in [0.1, 0.15) is 6.10 Å². The van der Waals surface area contributed by atoms with Gasteiger partial charge in [0.25, 0.3) is 0 Å². The third kappa shape index (κ3) is 2.97. The molecule has 4 heteroatoms. The highest BCUT2D eigenvalue weighted by Crippen LogP contribution is 2.16. The second-order valence-corrected chi connectivity index (χ2v) is 3.76. The lowest BCUT2D eigenvalue weighted by Gasteiger charge is -2.33. The number of likely N-dealkylation sites (tertiary alicyclic amines) is 1. The molecule has 0 spiro atoms. The topological polar surface area (TPSA) is 66.6 Å². The van der Waals surface area contributed by atoms with Gasteiger partial charge in [-0.2, -0.15) is 0 Å². The minimum Gasteiger partial charge on any atom is -0.382 e. The fourth-order valence-corrected chi connectivity index (χ4v) is 1.74. The van der Waals surface area contributed by atoms with Gasteiger partial charge in [0, 0.05) is 12.6 Å². The van der Waals surface area contributed by atoms with Crippen LogP contribution < -0.4 is 5.73 Å². The Labute approximate surface area is 78.7 Å². The van der Waals surface area contributed by atoms with Crippen molar-refractivity contribution >= 4 is 5.91 Å². The number of nitrogens with zero attached hydrogens (tertiary/aromatic N) is 1. The van der Waals surface area contributed by atoms with Gasteiger partial charge in [-0.25, -0.2) is 0 Å². The van der Waals surface area contributed by atoms with E-state index in [1.54, 1.807) is 0 Å². The smallest absolute Gasteiger partial charge is 0.247 e. The SMILES string of the molecule is CC1CCCCN1C[C@@H](O)C(N)=O. The maximum atomic E-state index is 10.6. The zero-order valence-corrected chi connectivity index (χ0v) is 8.07. The summed E-state index contributed by atoms with van der Waals surface area (Å²) < 4.78 is 0. The molecule has 1 unspecified atom stereocenters. The number of hydrogen-bond donors (Lipinski definition) is 2. The molecule has 0 radical (unpaired) electrons. The predicted octanol–water partition coefficient (Wildman–Crippen LogP) is -0.293. The molecule has 1 aliphatic heterocycles. The second kappa shape index (κ2) is 4.58. The maximum Gasteiger partial charge on any atom is 0.247 e. The van der Waals surface area contributed by atoms with Crippen molar-refractivity contribution in [3.63, 3.8) is 0 Å². The van der Waals surface area contributed by atoms with Gasteiger partial charge in [0.15, 0.2) is 0 Å². The molecule has 0 aromatic carbocycles. The lowest BCUT2D eigenvalue weighted by Crippen LogP contribution is -2.46. The lowest BCUT2D eigenvalue weighted by atomic mass is 10.0. The molecule has 0 bridgehead atoms. The first-order valence-corrected chi connectivity index (χ1v) is 4.82. The summed E-state index contributed by atoms with van der Waals surface area (Å²) in [6.45, 7) is 3.47. The molecule has 76 valence electrons. The number of β-amino-alcohol motifs (C(OH)–C–C–N with tert-alkyl or cyclic N) is 1. The summed E-state index contributed by atoms with van der Waals surface area (Å²) in [4.78, 5) is 12.7. The van der Waals surface area contributed by atoms with Gasteiger partial charge < -0.3 is 10.8 Å². The molecule has 1 aliphatic rings. The fourth-order valence-electron chi connectivity index (χ4n) is 1.74. The zero-order chi connectivity index (χ0) is 9.84. The highest BCUT2D eigenvalue weighted by atomic mass is 16.3. The van der Waals surface area contributed by atoms with Crippen molar-refractivity contribution in [2.45, 2.75) is 38.3 Å². The predicted molar refractivity (Wildman–Crippen MR) is 50.1 cm³/mol. The number of aliphatic hydroxyl groups is 1. The minimum atomic E-state index is -1.01. The Hall–Kier alpha value is -0.610. The van der Waals surface area contributed by atoms with Crippen LogP contribution in [0.3, 0.4) is 0 Å². The minimum absolute atomic E-state index is 0.385. The summed E-state index contributed by atoms with van der Waals surface area (Å²) in [7, 11) is 0. The molecule has 1 fully saturated rings. The van der Waals surface area contributed by atoms with Crippen LogP contribution in [0.25, 0.3) is 0 Å². The summed E-state index contributed by atoms with van der Waals surface area (Å²) in [5.74, 6) is -0.627. The van der Waals surface area contributed by atoms with Crippen molar-refractivity contribution in [2.24, 2.45) is 5.73 Å². The van der Waals surface area contributed by atoms with Crippen molar-refractivity contribution < 1.29 is 9.90 Å². The first-order valence-electron chi connectivity index (χ1n) is 4.82. The molecule has 1 saturated heterocycles. The van der Waals surface area contributed by atoms with E-state index in [0.717, 1.165) is 19.4 Å². The monoisotopic (exact) mass is 186 g/mol. The molecular weight excluding hydrogens is 168 g/mol. The van der Waals surface area contributed by atoms with E-state index in [9.17, 15) is 9.90 Å². The van der Waals surface area contributed by atoms with Crippen molar-refractivity contribution in [1.29, 1.82) is 0 Å². The highest BCUT2D eigenvalue weighted by Gasteiger charge is 2.22. The normalized spacial score (nSPS) is 27.1. The van der Waals surface area contributed by atoms with Crippen LogP contribution in [-0.2, 0) is 4.79 Å². The number of primary amides is 1. The fraction of sp³-hybridized carbons (Fsp3) is 0.889. The number of aliphatic hydroxyl groups excluding tert-OH is 1. The zero-order valence-electron chi connectivity index (χ0n) is 8.07. The number of amides is 1. The Morgan fingerprint density at radius 3 is 2.92 bits per heavy atom. The molecule has 1 rings (SSSR count). The van der Waals surface area contributed by atoms with Crippen LogP contribution in [0.4, 0.5) is 0 Å². The maximum absolute atomic E-state index is 10.6. The van der Waals surface area contributed by atoms with E-state index in [2.05, 4.69) is 11.8 Å². The molecule has 3 N–H and O–H groups in total. The molecule has 0 aromatic heterocycles. The van der Waals surface area contributed by atoms with Crippen molar-refractivity contribution in [3.8, 4) is 0 Å². The van der Waals surface area contributed by atoms with Crippen LogP contribution in [0, 0.1) is 0 Å². The van der Waals surface area contributed by atoms with E-state index in [1.165, 1.54) is 6.42 Å². The van der Waals surface area contributed by atoms with Gasteiger partial charge in [-0.3, -0.25) is 9.69 Å². The first-order chi connectivity index (χ1) is 6.11. The third-order valence-corrected chi connectivity index (χ3v) is 2.68. The Balaban J connectivity index is 2.37. The number of hydrogen-bond acceptors (Lipinski definition) is 3. The van der Waals surface area contributed by atoms with Gasteiger partial charge >= 0.3 is 0 Å². The van der Waals surface area contributed by atoms with Gasteiger partial charge in [-0.05, 0) is 26.3 Å². The number of piperidine rings is 1. The summed E-state index contributed by atoms with van der Waals surface area (Å²) in [6, 6.07) is 0.461. The van der Waals surface area contributed by atoms with Crippen molar-refractivity contribution in [2.75, 3.05) is 13.1 Å². The Bertz CT molecular complexity index is 184. The standard InChI is InChI=1S/C9H18N2O2/c1-7-4-2-3-5-11(7)6-8(12)9(10)13/h7-8,12H,2-6H2,1H3,(H2,10,13)/t7?,8-/m1/s1. The Morgan fingerprint density at radius 2 is 2.38 bits per heavy atom. The summed E-state index contributed by atoms with van der Waals surface area (Å²) >= 11 is 0. The summed E-state index contributed by atoms with van der Waals surface area (Å²) in [6.07, 6.45) is 2.52. The molecule has 0 aliphatic carbocycles. The van der Waals surface area contributed by atoms with Crippen molar-refractivity contribution in [3.05, 3.63) is 0 Å². The van der Waals surface area contributed by atoms with E-state index in [0.29, 0.717) is 12.6 Å². The average molecular weight is 186 g/mol. The van der Waals surface area contributed by atoms with Crippen LogP contribution >= 0.6 is 0 Å². The van der Waals surface area contributed by atoms with Crippen LogP contribution in [0.2, 0.25) is 0 Å². The molecule has 2 atom stereocenters. The van der Waals surface area contributed by atoms with Crippen LogP contribution in [0.15, 0.2) is 0 Å². The quantitative estimate of drug-likeness (QED) is 0.636. The van der Waals surface area contributed by atoms with E-state index in [1.807, 2.05) is 0 Å². The van der Waals surface area contributed by atoms with E-state index in [-0.39, 0.29) is 0 Å². The molecule has 4 nitrogen and oxygen atoms in total. The van der Waals surface area contributed by atoms with Gasteiger partial charge in [-0.15, -0.1) is 0 Å². The van der Waals surface area contributed by atoms with Gasteiger partial charge in [0.05, 0.1) is 0 Å². The number of nitrogens with two attached hydrogens (primary N) is 1. The average Bonchev–Trinajstić information content (AvgIpc) is 2.08. The molecule has 13 heavy (non-hydrogen) atoms. The third-order valence-electron chi connectivity index (χ3n) is 2.68. The van der Waals surface area contributed by atoms with Crippen LogP contribution in [0.1, 0.15) is 26.2 Å². The lowest BCUT2D eigenvalue weighted by molar-refractivity contribution is -0.127. The number of rotatable bonds is 3. The van der Waals surface area contributed by atoms with E-state index in [4.69, 9.17) is 5.73 Å². The van der Waals surface area contributed by atoms with Gasteiger partial charge in [-0.1, -0.05) is 6.42 Å². The van der Waals surface area contributed by atoms with Crippen LogP contribution in [0.5, 0.6) is 0 Å². The molecule has 1 amide bonds. The second-order valence-electron chi connectivity index (χ2n) is 3.76. The van der Waals surface area contributed by atoms with Gasteiger partial charge in [0.2, 0.25) is 5.91 Å².